The smallest absolute Gasteiger partial charge is 0.274 e. The number of carbonyl (C=O) groups excluding carboxylic acids is 1. The van der Waals surface area contributed by atoms with Crippen LogP contribution in [0.2, 0.25) is 0 Å². The fourth-order valence-corrected chi connectivity index (χ4v) is 4.79. The molecule has 0 aromatic carbocycles. The van der Waals surface area contributed by atoms with Gasteiger partial charge in [-0.25, -0.2) is 4.98 Å². The molecule has 0 bridgehead atoms. The maximum absolute atomic E-state index is 13.0. The van der Waals surface area contributed by atoms with Crippen molar-refractivity contribution in [2.45, 2.75) is 64.2 Å². The van der Waals surface area contributed by atoms with Crippen LogP contribution in [0.15, 0.2) is 0 Å². The first-order valence-corrected chi connectivity index (χ1v) is 9.72. The van der Waals surface area contributed by atoms with Crippen LogP contribution in [0, 0.1) is 6.92 Å². The molecule has 122 valence electrons. The molecule has 2 aliphatic heterocycles. The third kappa shape index (κ3) is 3.19. The predicted octanol–water partition coefficient (Wildman–Crippen LogP) is 3.28. The number of carbonyl (C=O) groups is 1. The lowest BCUT2D eigenvalue weighted by Crippen LogP contribution is -2.36. The zero-order valence-electron chi connectivity index (χ0n) is 13.8. The number of rotatable bonds is 3. The van der Waals surface area contributed by atoms with Gasteiger partial charge >= 0.3 is 0 Å². The molecule has 5 heteroatoms. The van der Waals surface area contributed by atoms with E-state index in [1.165, 1.54) is 31.4 Å². The Hall–Kier alpha value is -0.970. The summed E-state index contributed by atoms with van der Waals surface area (Å²) in [6.45, 7) is 7.05. The van der Waals surface area contributed by atoms with Crippen molar-refractivity contribution in [1.29, 1.82) is 0 Å². The van der Waals surface area contributed by atoms with Gasteiger partial charge < -0.3 is 9.47 Å². The van der Waals surface area contributed by atoms with Gasteiger partial charge in [-0.2, -0.15) is 11.8 Å². The Bertz CT molecular complexity index is 540. The Morgan fingerprint density at radius 3 is 2.91 bits per heavy atom. The van der Waals surface area contributed by atoms with Gasteiger partial charge in [-0.05, 0) is 44.8 Å². The molecule has 0 aliphatic carbocycles. The molecule has 1 fully saturated rings. The number of thioether (sulfide) groups is 1. The summed E-state index contributed by atoms with van der Waals surface area (Å²) in [5.41, 5.74) is 1.91. The van der Waals surface area contributed by atoms with E-state index in [4.69, 9.17) is 0 Å². The second kappa shape index (κ2) is 7.07. The van der Waals surface area contributed by atoms with Gasteiger partial charge in [0.1, 0.15) is 11.5 Å². The van der Waals surface area contributed by atoms with Crippen LogP contribution in [0.5, 0.6) is 0 Å². The van der Waals surface area contributed by atoms with Crippen molar-refractivity contribution >= 4 is 17.7 Å². The van der Waals surface area contributed by atoms with Crippen molar-refractivity contribution in [3.8, 4) is 0 Å². The van der Waals surface area contributed by atoms with E-state index < -0.39 is 0 Å². The first kappa shape index (κ1) is 15.9. The minimum atomic E-state index is 0.169. The fourth-order valence-electron chi connectivity index (χ4n) is 3.70. The quantitative estimate of drug-likeness (QED) is 0.857. The monoisotopic (exact) mass is 321 g/mol. The summed E-state index contributed by atoms with van der Waals surface area (Å²) in [5, 5.41) is 0.594. The highest BCUT2D eigenvalue weighted by molar-refractivity contribution is 7.99. The zero-order valence-corrected chi connectivity index (χ0v) is 14.6. The van der Waals surface area contributed by atoms with Gasteiger partial charge in [0.05, 0.1) is 5.69 Å². The van der Waals surface area contributed by atoms with Gasteiger partial charge in [0, 0.05) is 24.9 Å². The highest BCUT2D eigenvalue weighted by Gasteiger charge is 2.28. The average Bonchev–Trinajstić information content (AvgIpc) is 2.71. The van der Waals surface area contributed by atoms with Gasteiger partial charge in [-0.3, -0.25) is 4.79 Å². The van der Waals surface area contributed by atoms with E-state index in [1.807, 2.05) is 18.7 Å². The van der Waals surface area contributed by atoms with Crippen LogP contribution in [-0.2, 0) is 13.0 Å². The fraction of sp³-hybridized carbons (Fsp3) is 0.765. The molecule has 1 saturated heterocycles. The Kier molecular flexibility index (Phi) is 5.11. The molecule has 3 rings (SSSR count). The summed E-state index contributed by atoms with van der Waals surface area (Å²) in [7, 11) is 0. The molecule has 0 radical (unpaired) electrons. The molecular formula is C17H27N3OS. The highest BCUT2D eigenvalue weighted by atomic mass is 32.2. The number of imidazole rings is 1. The minimum absolute atomic E-state index is 0.169. The normalized spacial score (nSPS) is 22.3. The van der Waals surface area contributed by atoms with Gasteiger partial charge in [-0.15, -0.1) is 0 Å². The lowest BCUT2D eigenvalue weighted by Gasteiger charge is -2.24. The van der Waals surface area contributed by atoms with Crippen molar-refractivity contribution < 1.29 is 4.79 Å². The summed E-state index contributed by atoms with van der Waals surface area (Å²) in [6, 6.07) is 0. The van der Waals surface area contributed by atoms with Crippen LogP contribution in [0.3, 0.4) is 0 Å². The number of aromatic nitrogens is 2. The number of fused-ring (bicyclic) bond motifs is 1. The maximum Gasteiger partial charge on any atom is 0.274 e. The molecule has 0 N–H and O–H groups in total. The molecule has 0 saturated carbocycles. The molecule has 0 spiro atoms. The zero-order chi connectivity index (χ0) is 15.5. The Morgan fingerprint density at radius 2 is 2.09 bits per heavy atom. The van der Waals surface area contributed by atoms with Gasteiger partial charge in [0.15, 0.2) is 0 Å². The molecule has 4 nitrogen and oxygen atoms in total. The van der Waals surface area contributed by atoms with E-state index in [9.17, 15) is 4.79 Å². The van der Waals surface area contributed by atoms with E-state index >= 15 is 0 Å². The number of aryl methyl sites for hydroxylation is 1. The van der Waals surface area contributed by atoms with Crippen molar-refractivity contribution in [1.82, 2.24) is 14.5 Å². The number of hydrogen-bond acceptors (Lipinski definition) is 3. The SMILES string of the molecule is CCS[C@@H]1CCCCN(C(=O)c2nc(C)n3c2CCCC3)C1. The molecular weight excluding hydrogens is 294 g/mol. The Morgan fingerprint density at radius 1 is 1.27 bits per heavy atom. The molecule has 0 unspecified atom stereocenters. The molecule has 2 aliphatic rings. The standard InChI is InChI=1S/C17H27N3OS/c1-3-22-14-8-4-6-10-19(12-14)17(21)16-15-9-5-7-11-20(15)13(2)18-16/h14H,3-12H2,1-2H3/t14-/m1/s1. The summed E-state index contributed by atoms with van der Waals surface area (Å²) in [4.78, 5) is 19.7. The molecule has 1 amide bonds. The Labute approximate surface area is 137 Å². The summed E-state index contributed by atoms with van der Waals surface area (Å²) in [5.74, 6) is 2.31. The summed E-state index contributed by atoms with van der Waals surface area (Å²) < 4.78 is 2.26. The minimum Gasteiger partial charge on any atom is -0.336 e. The molecule has 1 atom stereocenters. The van der Waals surface area contributed by atoms with Crippen molar-refractivity contribution in [2.75, 3.05) is 18.8 Å². The van der Waals surface area contributed by atoms with Crippen LogP contribution < -0.4 is 0 Å². The Balaban J connectivity index is 1.80. The largest absolute Gasteiger partial charge is 0.336 e. The first-order valence-electron chi connectivity index (χ1n) is 8.67. The third-order valence-corrected chi connectivity index (χ3v) is 6.02. The van der Waals surface area contributed by atoms with E-state index in [1.54, 1.807) is 0 Å². The van der Waals surface area contributed by atoms with Gasteiger partial charge in [0.2, 0.25) is 0 Å². The summed E-state index contributed by atoms with van der Waals surface area (Å²) >= 11 is 2.00. The average molecular weight is 321 g/mol. The highest BCUT2D eigenvalue weighted by Crippen LogP contribution is 2.25. The van der Waals surface area contributed by atoms with Crippen LogP contribution in [0.25, 0.3) is 0 Å². The second-order valence-electron chi connectivity index (χ2n) is 6.39. The number of amides is 1. The second-order valence-corrected chi connectivity index (χ2v) is 7.96. The molecule has 1 aromatic rings. The number of nitrogens with zero attached hydrogens (tertiary/aromatic N) is 3. The van der Waals surface area contributed by atoms with Crippen molar-refractivity contribution in [3.05, 3.63) is 17.2 Å². The van der Waals surface area contributed by atoms with E-state index in [0.29, 0.717) is 5.25 Å². The summed E-state index contributed by atoms with van der Waals surface area (Å²) in [6.07, 6.45) is 6.99. The maximum atomic E-state index is 13.0. The topological polar surface area (TPSA) is 38.1 Å². The first-order chi connectivity index (χ1) is 10.7. The van der Waals surface area contributed by atoms with Gasteiger partial charge in [-0.1, -0.05) is 13.3 Å². The van der Waals surface area contributed by atoms with E-state index in [-0.39, 0.29) is 5.91 Å². The predicted molar refractivity (Wildman–Crippen MR) is 91.6 cm³/mol. The lowest BCUT2D eigenvalue weighted by atomic mass is 10.1. The lowest BCUT2D eigenvalue weighted by molar-refractivity contribution is 0.0756. The number of hydrogen-bond donors (Lipinski definition) is 0. The molecule has 22 heavy (non-hydrogen) atoms. The van der Waals surface area contributed by atoms with E-state index in [0.717, 1.165) is 49.7 Å². The van der Waals surface area contributed by atoms with Crippen LogP contribution in [-0.4, -0.2) is 44.5 Å². The van der Waals surface area contributed by atoms with Crippen molar-refractivity contribution in [2.24, 2.45) is 0 Å². The van der Waals surface area contributed by atoms with E-state index in [2.05, 4.69) is 21.4 Å². The van der Waals surface area contributed by atoms with Crippen LogP contribution >= 0.6 is 11.8 Å². The van der Waals surface area contributed by atoms with Crippen molar-refractivity contribution in [3.63, 3.8) is 0 Å². The molecule has 3 heterocycles. The van der Waals surface area contributed by atoms with Crippen LogP contribution in [0.4, 0.5) is 0 Å². The van der Waals surface area contributed by atoms with Crippen LogP contribution in [0.1, 0.15) is 61.0 Å². The van der Waals surface area contributed by atoms with Gasteiger partial charge in [0.25, 0.3) is 5.91 Å². The third-order valence-electron chi connectivity index (χ3n) is 4.83. The number of likely N-dealkylation sites (tertiary alicyclic amines) is 1. The molecule has 1 aromatic heterocycles.